The van der Waals surface area contributed by atoms with Crippen molar-refractivity contribution in [2.75, 3.05) is 19.1 Å². The Labute approximate surface area is 112 Å². The van der Waals surface area contributed by atoms with E-state index >= 15 is 0 Å². The molecule has 0 heterocycles. The molecule has 4 heteroatoms. The highest BCUT2D eigenvalue weighted by atomic mass is 79.9. The van der Waals surface area contributed by atoms with Crippen LogP contribution in [-0.2, 0) is 4.74 Å². The smallest absolute Gasteiger partial charge is 0.181 e. The van der Waals surface area contributed by atoms with Crippen molar-refractivity contribution in [3.63, 3.8) is 0 Å². The maximum atomic E-state index is 9.82. The predicted octanol–water partition coefficient (Wildman–Crippen LogP) is 3.24. The third kappa shape index (κ3) is 3.21. The molecule has 1 unspecified atom stereocenters. The molecule has 3 nitrogen and oxygen atoms in total. The molecule has 0 aliphatic carbocycles. The fourth-order valence-corrected chi connectivity index (χ4v) is 2.18. The molecule has 0 fully saturated rings. The number of halogens is 1. The minimum Gasteiger partial charge on any atom is -0.372 e. The number of ether oxygens (including phenoxy) is 1. The highest BCUT2D eigenvalue weighted by molar-refractivity contribution is 9.10. The van der Waals surface area contributed by atoms with Gasteiger partial charge in [0.1, 0.15) is 0 Å². The van der Waals surface area contributed by atoms with Gasteiger partial charge in [-0.05, 0) is 38.5 Å². The van der Waals surface area contributed by atoms with Crippen LogP contribution in [0.25, 0.3) is 0 Å². The molecule has 0 saturated heterocycles. The van der Waals surface area contributed by atoms with Gasteiger partial charge in [0.2, 0.25) is 0 Å². The number of aliphatic hydroxyl groups excluding tert-OH is 1. The topological polar surface area (TPSA) is 32.7 Å². The Morgan fingerprint density at radius 1 is 1.35 bits per heavy atom. The first-order valence-electron chi connectivity index (χ1n) is 5.62. The molecule has 1 N–H and O–H groups in total. The van der Waals surface area contributed by atoms with E-state index < -0.39 is 6.29 Å². The molecule has 0 amide bonds. The van der Waals surface area contributed by atoms with Crippen molar-refractivity contribution in [2.45, 2.75) is 33.1 Å². The van der Waals surface area contributed by atoms with Crippen molar-refractivity contribution in [1.29, 1.82) is 0 Å². The summed E-state index contributed by atoms with van der Waals surface area (Å²) >= 11 is 3.47. The van der Waals surface area contributed by atoms with E-state index in [1.807, 2.05) is 20.0 Å². The molecule has 0 aromatic heterocycles. The van der Waals surface area contributed by atoms with Crippen LogP contribution in [0.1, 0.15) is 31.3 Å². The lowest BCUT2D eigenvalue weighted by Crippen LogP contribution is -2.26. The highest BCUT2D eigenvalue weighted by Gasteiger charge is 2.16. The highest BCUT2D eigenvalue weighted by Crippen LogP contribution is 2.32. The zero-order valence-corrected chi connectivity index (χ0v) is 12.6. The lowest BCUT2D eigenvalue weighted by Gasteiger charge is -2.27. The summed E-state index contributed by atoms with van der Waals surface area (Å²) in [5, 5.41) is 9.82. The van der Waals surface area contributed by atoms with E-state index in [4.69, 9.17) is 4.74 Å². The number of rotatable bonds is 4. The molecule has 0 spiro atoms. The number of benzene rings is 1. The number of methoxy groups -OCH3 is 1. The lowest BCUT2D eigenvalue weighted by molar-refractivity contribution is -0.0773. The van der Waals surface area contributed by atoms with Crippen molar-refractivity contribution in [3.05, 3.63) is 27.7 Å². The average Bonchev–Trinajstić information content (AvgIpc) is 2.29. The summed E-state index contributed by atoms with van der Waals surface area (Å²) in [4.78, 5) is 2.17. The van der Waals surface area contributed by atoms with Crippen LogP contribution in [0.2, 0.25) is 0 Å². The fourth-order valence-electron chi connectivity index (χ4n) is 1.71. The van der Waals surface area contributed by atoms with E-state index in [0.717, 1.165) is 21.3 Å². The van der Waals surface area contributed by atoms with Crippen LogP contribution in [0.4, 0.5) is 5.69 Å². The Morgan fingerprint density at radius 2 is 1.94 bits per heavy atom. The summed E-state index contributed by atoms with van der Waals surface area (Å²) in [5.74, 6) is 0. The zero-order valence-electron chi connectivity index (χ0n) is 11.0. The molecular weight excluding hydrogens is 282 g/mol. The Bertz CT molecular complexity index is 393. The SMILES string of the molecule is COC(O)c1cc(Br)cc(N(C)C(C)C)c1C. The van der Waals surface area contributed by atoms with Crippen LogP contribution < -0.4 is 4.90 Å². The van der Waals surface area contributed by atoms with Crippen molar-refractivity contribution in [3.8, 4) is 0 Å². The molecule has 96 valence electrons. The molecule has 0 bridgehead atoms. The Kier molecular flexibility index (Phi) is 4.98. The molecule has 1 atom stereocenters. The van der Waals surface area contributed by atoms with Gasteiger partial charge < -0.3 is 14.7 Å². The van der Waals surface area contributed by atoms with Crippen LogP contribution in [-0.4, -0.2) is 25.3 Å². The third-order valence-corrected chi connectivity index (χ3v) is 3.49. The number of nitrogens with zero attached hydrogens (tertiary/aromatic N) is 1. The van der Waals surface area contributed by atoms with Gasteiger partial charge in [0, 0.05) is 35.9 Å². The minimum absolute atomic E-state index is 0.399. The first-order chi connectivity index (χ1) is 7.88. The predicted molar refractivity (Wildman–Crippen MR) is 74.4 cm³/mol. The number of aliphatic hydroxyl groups is 1. The summed E-state index contributed by atoms with van der Waals surface area (Å²) in [5.41, 5.74) is 2.93. The van der Waals surface area contributed by atoms with E-state index in [2.05, 4.69) is 40.7 Å². The molecule has 17 heavy (non-hydrogen) atoms. The van der Waals surface area contributed by atoms with E-state index in [-0.39, 0.29) is 0 Å². The Hall–Kier alpha value is -0.580. The van der Waals surface area contributed by atoms with Gasteiger partial charge in [-0.15, -0.1) is 0 Å². The van der Waals surface area contributed by atoms with Gasteiger partial charge in [-0.1, -0.05) is 15.9 Å². The molecule has 0 aliphatic rings. The van der Waals surface area contributed by atoms with Crippen molar-refractivity contribution in [1.82, 2.24) is 0 Å². The second-order valence-corrected chi connectivity index (χ2v) is 5.35. The molecule has 1 rings (SSSR count). The normalized spacial score (nSPS) is 12.9. The molecule has 1 aromatic rings. The van der Waals surface area contributed by atoms with E-state index in [0.29, 0.717) is 6.04 Å². The van der Waals surface area contributed by atoms with Gasteiger partial charge >= 0.3 is 0 Å². The Balaban J connectivity index is 3.28. The van der Waals surface area contributed by atoms with Crippen molar-refractivity contribution < 1.29 is 9.84 Å². The maximum Gasteiger partial charge on any atom is 0.181 e. The van der Waals surface area contributed by atoms with Gasteiger partial charge in [-0.25, -0.2) is 0 Å². The van der Waals surface area contributed by atoms with E-state index in [9.17, 15) is 5.11 Å². The van der Waals surface area contributed by atoms with Crippen LogP contribution in [0.15, 0.2) is 16.6 Å². The molecule has 0 radical (unpaired) electrons. The number of hydrogen-bond acceptors (Lipinski definition) is 3. The van der Waals surface area contributed by atoms with Crippen LogP contribution in [0, 0.1) is 6.92 Å². The molecule has 0 aliphatic heterocycles. The second-order valence-electron chi connectivity index (χ2n) is 4.43. The molecule has 1 aromatic carbocycles. The van der Waals surface area contributed by atoms with Crippen LogP contribution in [0.5, 0.6) is 0 Å². The Morgan fingerprint density at radius 3 is 2.41 bits per heavy atom. The summed E-state index contributed by atoms with van der Waals surface area (Å²) in [6.07, 6.45) is -0.883. The van der Waals surface area contributed by atoms with Gasteiger partial charge in [0.15, 0.2) is 6.29 Å². The van der Waals surface area contributed by atoms with Crippen LogP contribution >= 0.6 is 15.9 Å². The lowest BCUT2D eigenvalue weighted by atomic mass is 10.0. The first-order valence-corrected chi connectivity index (χ1v) is 6.41. The molecular formula is C13H20BrNO2. The standard InChI is InChI=1S/C13H20BrNO2/c1-8(2)15(4)12-7-10(14)6-11(9(12)3)13(16)17-5/h6-8,13,16H,1-5H3. The van der Waals surface area contributed by atoms with E-state index in [1.54, 1.807) is 0 Å². The zero-order chi connectivity index (χ0) is 13.2. The summed E-state index contributed by atoms with van der Waals surface area (Å²) in [6, 6.07) is 4.35. The molecule has 0 saturated carbocycles. The van der Waals surface area contributed by atoms with Gasteiger partial charge in [-0.2, -0.15) is 0 Å². The minimum atomic E-state index is -0.883. The van der Waals surface area contributed by atoms with Crippen molar-refractivity contribution in [2.24, 2.45) is 0 Å². The quantitative estimate of drug-likeness (QED) is 0.867. The second kappa shape index (κ2) is 5.85. The average molecular weight is 302 g/mol. The summed E-state index contributed by atoms with van der Waals surface area (Å²) in [6.45, 7) is 6.26. The summed E-state index contributed by atoms with van der Waals surface area (Å²) in [7, 11) is 3.54. The van der Waals surface area contributed by atoms with Gasteiger partial charge in [-0.3, -0.25) is 0 Å². The number of anilines is 1. The third-order valence-electron chi connectivity index (χ3n) is 3.03. The van der Waals surface area contributed by atoms with Gasteiger partial charge in [0.25, 0.3) is 0 Å². The van der Waals surface area contributed by atoms with E-state index in [1.165, 1.54) is 7.11 Å². The first kappa shape index (κ1) is 14.5. The maximum absolute atomic E-state index is 9.82. The monoisotopic (exact) mass is 301 g/mol. The van der Waals surface area contributed by atoms with Gasteiger partial charge in [0.05, 0.1) is 0 Å². The number of hydrogen-bond donors (Lipinski definition) is 1. The van der Waals surface area contributed by atoms with Crippen LogP contribution in [0.3, 0.4) is 0 Å². The fraction of sp³-hybridized carbons (Fsp3) is 0.538. The van der Waals surface area contributed by atoms with Crippen molar-refractivity contribution >= 4 is 21.6 Å². The summed E-state index contributed by atoms with van der Waals surface area (Å²) < 4.78 is 5.92. The largest absolute Gasteiger partial charge is 0.372 e.